The molecular formula is C21H19N3O5S. The molecule has 0 aromatic carbocycles. The highest BCUT2D eigenvalue weighted by Crippen LogP contribution is 2.59. The lowest BCUT2D eigenvalue weighted by Gasteiger charge is -2.43. The third kappa shape index (κ3) is 2.19. The molecule has 1 spiro atoms. The number of aromatic nitrogens is 1. The Hall–Kier alpha value is -2.78. The zero-order chi connectivity index (χ0) is 20.6. The largest absolute Gasteiger partial charge is 0.467 e. The number of piperidine rings is 1. The van der Waals surface area contributed by atoms with Gasteiger partial charge in [-0.2, -0.15) is 0 Å². The molecule has 7 atom stereocenters. The van der Waals surface area contributed by atoms with Gasteiger partial charge < -0.3 is 19.4 Å². The molecule has 0 saturated carbocycles. The van der Waals surface area contributed by atoms with Crippen molar-refractivity contribution in [2.75, 3.05) is 5.32 Å². The fourth-order valence-electron chi connectivity index (χ4n) is 5.74. The fourth-order valence-corrected chi connectivity index (χ4v) is 6.27. The van der Waals surface area contributed by atoms with E-state index in [9.17, 15) is 14.4 Å². The van der Waals surface area contributed by atoms with Crippen LogP contribution < -0.4 is 5.32 Å². The SMILES string of the molecule is C[C@H]1C(=O)C[C@H](c2ccco2)N2C(=O)[C@@H]3[C@@H](C(=O)Nc4nccs4)[C@H]4C=C[C@@]3(O4)[C@@H]12. The van der Waals surface area contributed by atoms with Crippen LogP contribution in [0, 0.1) is 17.8 Å². The second kappa shape index (κ2) is 6.12. The molecule has 30 heavy (non-hydrogen) atoms. The first kappa shape index (κ1) is 18.0. The number of rotatable bonds is 3. The Bertz CT molecular complexity index is 1060. The number of ketones is 1. The number of amides is 2. The maximum atomic E-state index is 13.7. The van der Waals surface area contributed by atoms with Crippen molar-refractivity contribution in [1.29, 1.82) is 0 Å². The maximum absolute atomic E-state index is 13.7. The van der Waals surface area contributed by atoms with Crippen LogP contribution in [0.25, 0.3) is 0 Å². The van der Waals surface area contributed by atoms with Crippen LogP contribution >= 0.6 is 11.3 Å². The average Bonchev–Trinajstić information content (AvgIpc) is 3.52. The van der Waals surface area contributed by atoms with Gasteiger partial charge in [0.2, 0.25) is 11.8 Å². The lowest BCUT2D eigenvalue weighted by Crippen LogP contribution is -2.55. The van der Waals surface area contributed by atoms with Crippen molar-refractivity contribution in [3.05, 3.63) is 47.9 Å². The number of ether oxygens (including phenoxy) is 1. The van der Waals surface area contributed by atoms with Gasteiger partial charge in [0.1, 0.15) is 17.1 Å². The van der Waals surface area contributed by atoms with Crippen molar-refractivity contribution in [2.24, 2.45) is 17.8 Å². The van der Waals surface area contributed by atoms with E-state index in [0.717, 1.165) is 0 Å². The summed E-state index contributed by atoms with van der Waals surface area (Å²) in [4.78, 5) is 45.6. The Labute approximate surface area is 175 Å². The predicted molar refractivity (Wildman–Crippen MR) is 105 cm³/mol. The number of thiazole rings is 1. The van der Waals surface area contributed by atoms with E-state index in [2.05, 4.69) is 10.3 Å². The molecule has 0 radical (unpaired) electrons. The van der Waals surface area contributed by atoms with Crippen molar-refractivity contribution in [3.8, 4) is 0 Å². The molecule has 0 unspecified atom stereocenters. The highest BCUT2D eigenvalue weighted by atomic mass is 32.1. The molecule has 4 aliphatic heterocycles. The van der Waals surface area contributed by atoms with Gasteiger partial charge in [-0.15, -0.1) is 11.3 Å². The lowest BCUT2D eigenvalue weighted by atomic mass is 9.70. The van der Waals surface area contributed by atoms with E-state index < -0.39 is 41.5 Å². The predicted octanol–water partition coefficient (Wildman–Crippen LogP) is 2.18. The van der Waals surface area contributed by atoms with Gasteiger partial charge in [0.15, 0.2) is 5.13 Å². The lowest BCUT2D eigenvalue weighted by molar-refractivity contribution is -0.147. The molecule has 8 nitrogen and oxygen atoms in total. The van der Waals surface area contributed by atoms with Gasteiger partial charge >= 0.3 is 0 Å². The summed E-state index contributed by atoms with van der Waals surface area (Å²) in [6.45, 7) is 1.84. The number of nitrogens with one attached hydrogen (secondary N) is 1. The van der Waals surface area contributed by atoms with Crippen molar-refractivity contribution in [2.45, 2.75) is 37.1 Å². The third-order valence-corrected chi connectivity index (χ3v) is 7.61. The van der Waals surface area contributed by atoms with Gasteiger partial charge in [-0.05, 0) is 12.1 Å². The van der Waals surface area contributed by atoms with Crippen LogP contribution in [0.2, 0.25) is 0 Å². The standard InChI is InChI=1S/C21H19N3O5S/c1-10-12(25)9-11(13-3-2-7-28-13)24-17(10)21-5-4-14(29-21)15(16(21)19(24)27)18(26)23-20-22-6-8-30-20/h2-8,10-11,14-17H,9H2,1H3,(H,22,23,26)/t10-,11+,14+,15-,16-,17+,21-/m0/s1. The van der Waals surface area contributed by atoms with E-state index in [-0.39, 0.29) is 24.0 Å². The number of nitrogens with zero attached hydrogens (tertiary/aromatic N) is 2. The Balaban J connectivity index is 1.41. The third-order valence-electron chi connectivity index (χ3n) is 6.92. The first-order chi connectivity index (χ1) is 14.5. The summed E-state index contributed by atoms with van der Waals surface area (Å²) >= 11 is 1.32. The molecule has 4 aliphatic rings. The monoisotopic (exact) mass is 425 g/mol. The fraction of sp³-hybridized carbons (Fsp3) is 0.429. The zero-order valence-electron chi connectivity index (χ0n) is 16.1. The highest BCUT2D eigenvalue weighted by Gasteiger charge is 2.74. The van der Waals surface area contributed by atoms with Crippen LogP contribution in [-0.4, -0.2) is 45.2 Å². The number of anilines is 1. The van der Waals surface area contributed by atoms with Crippen LogP contribution in [0.4, 0.5) is 5.13 Å². The molecule has 2 aromatic rings. The molecule has 3 saturated heterocycles. The summed E-state index contributed by atoms with van der Waals surface area (Å²) in [5.41, 5.74) is -0.979. The average molecular weight is 425 g/mol. The normalized spacial score (nSPS) is 38.8. The second-order valence-electron chi connectivity index (χ2n) is 8.31. The number of hydrogen-bond donors (Lipinski definition) is 1. The number of carbonyl (C=O) groups is 3. The smallest absolute Gasteiger partial charge is 0.233 e. The Kier molecular flexibility index (Phi) is 3.67. The summed E-state index contributed by atoms with van der Waals surface area (Å²) in [6.07, 6.45) is 6.61. The minimum atomic E-state index is -0.979. The Morgan fingerprint density at radius 3 is 3.00 bits per heavy atom. The van der Waals surface area contributed by atoms with Crippen LogP contribution in [0.1, 0.15) is 25.1 Å². The Morgan fingerprint density at radius 1 is 1.40 bits per heavy atom. The van der Waals surface area contributed by atoms with Crippen LogP contribution in [0.15, 0.2) is 46.5 Å². The number of Topliss-reactive ketones (excluding diaryl/α,β-unsaturated/α-hetero) is 1. The number of carbonyl (C=O) groups excluding carboxylic acids is 3. The number of hydrogen-bond acceptors (Lipinski definition) is 7. The van der Waals surface area contributed by atoms with Gasteiger partial charge in [-0.25, -0.2) is 4.98 Å². The molecule has 0 aliphatic carbocycles. The van der Waals surface area contributed by atoms with Gasteiger partial charge in [0.05, 0.1) is 36.3 Å². The second-order valence-corrected chi connectivity index (χ2v) is 9.20. The zero-order valence-corrected chi connectivity index (χ0v) is 16.9. The summed E-state index contributed by atoms with van der Waals surface area (Å²) in [5, 5.41) is 5.08. The molecule has 2 amide bonds. The highest BCUT2D eigenvalue weighted by molar-refractivity contribution is 7.13. The first-order valence-electron chi connectivity index (χ1n) is 9.97. The quantitative estimate of drug-likeness (QED) is 0.757. The maximum Gasteiger partial charge on any atom is 0.233 e. The van der Waals surface area contributed by atoms with Gasteiger partial charge in [-0.1, -0.05) is 19.1 Å². The van der Waals surface area contributed by atoms with E-state index in [1.807, 2.05) is 19.1 Å². The Morgan fingerprint density at radius 2 is 2.27 bits per heavy atom. The van der Waals surface area contributed by atoms with E-state index in [1.54, 1.807) is 34.9 Å². The van der Waals surface area contributed by atoms with Gasteiger partial charge in [0, 0.05) is 23.9 Å². The van der Waals surface area contributed by atoms with E-state index in [1.165, 1.54) is 11.3 Å². The number of fused-ring (bicyclic) bond motifs is 2. The van der Waals surface area contributed by atoms with Crippen LogP contribution in [0.3, 0.4) is 0 Å². The summed E-state index contributed by atoms with van der Waals surface area (Å²) in [5.74, 6) is -1.54. The van der Waals surface area contributed by atoms with E-state index in [4.69, 9.17) is 9.15 Å². The molecule has 3 fully saturated rings. The summed E-state index contributed by atoms with van der Waals surface area (Å²) in [6, 6.07) is 2.58. The molecule has 2 aromatic heterocycles. The van der Waals surface area contributed by atoms with E-state index >= 15 is 0 Å². The van der Waals surface area contributed by atoms with Crippen molar-refractivity contribution in [1.82, 2.24) is 9.88 Å². The molecule has 154 valence electrons. The van der Waals surface area contributed by atoms with Crippen molar-refractivity contribution in [3.63, 3.8) is 0 Å². The van der Waals surface area contributed by atoms with Crippen LogP contribution in [0.5, 0.6) is 0 Å². The van der Waals surface area contributed by atoms with Crippen molar-refractivity contribution >= 4 is 34.1 Å². The molecule has 6 rings (SSSR count). The van der Waals surface area contributed by atoms with Crippen LogP contribution in [-0.2, 0) is 19.1 Å². The minimum absolute atomic E-state index is 0.0663. The molecule has 2 bridgehead atoms. The van der Waals surface area contributed by atoms with E-state index in [0.29, 0.717) is 10.9 Å². The first-order valence-corrected chi connectivity index (χ1v) is 10.8. The molecule has 1 N–H and O–H groups in total. The topological polar surface area (TPSA) is 102 Å². The molecular weight excluding hydrogens is 406 g/mol. The van der Waals surface area contributed by atoms with Gasteiger partial charge in [0.25, 0.3) is 0 Å². The molecule has 6 heterocycles. The van der Waals surface area contributed by atoms with Crippen molar-refractivity contribution < 1.29 is 23.5 Å². The van der Waals surface area contributed by atoms with Gasteiger partial charge in [-0.3, -0.25) is 14.4 Å². The summed E-state index contributed by atoms with van der Waals surface area (Å²) < 4.78 is 11.9. The summed E-state index contributed by atoms with van der Waals surface area (Å²) in [7, 11) is 0. The minimum Gasteiger partial charge on any atom is -0.467 e. The number of furan rings is 1. The molecule has 9 heteroatoms.